The van der Waals surface area contributed by atoms with Crippen molar-refractivity contribution in [2.75, 3.05) is 38.1 Å². The van der Waals surface area contributed by atoms with Crippen LogP contribution in [-0.2, 0) is 45.1 Å². The Labute approximate surface area is 346 Å². The predicted octanol–water partition coefficient (Wildman–Crippen LogP) is 3.96. The second-order valence-corrected chi connectivity index (χ2v) is 14.1. The van der Waals surface area contributed by atoms with Crippen molar-refractivity contribution in [1.82, 2.24) is 20.0 Å². The zero-order valence-corrected chi connectivity index (χ0v) is 33.7. The van der Waals surface area contributed by atoms with Gasteiger partial charge in [0.2, 0.25) is 23.6 Å². The number of benzene rings is 5. The molecule has 0 aliphatic rings. The van der Waals surface area contributed by atoms with E-state index in [0.717, 1.165) is 20.5 Å². The van der Waals surface area contributed by atoms with Crippen LogP contribution < -0.4 is 41.0 Å². The maximum atomic E-state index is 14.1. The minimum Gasteiger partial charge on any atom is -0.497 e. The Kier molecular flexibility index (Phi) is 13.6. The molecule has 0 radical (unpaired) electrons. The smallest absolute Gasteiger partial charge is 0.273 e. The summed E-state index contributed by atoms with van der Waals surface area (Å²) < 4.78 is 12.3. The molecule has 6 aromatic rings. The van der Waals surface area contributed by atoms with Gasteiger partial charge < -0.3 is 29.9 Å². The molecule has 0 bridgehead atoms. The first-order valence-electron chi connectivity index (χ1n) is 19.2. The Morgan fingerprint density at radius 1 is 0.517 bits per heavy atom. The first-order chi connectivity index (χ1) is 29.0. The quantitative estimate of drug-likeness (QED) is 0.149. The summed E-state index contributed by atoms with van der Waals surface area (Å²) in [6, 6.07) is 35.9. The third-order valence-corrected chi connectivity index (χ3v) is 10.1. The van der Waals surface area contributed by atoms with Gasteiger partial charge in [-0.15, -0.1) is 0 Å². The molecule has 0 fully saturated rings. The summed E-state index contributed by atoms with van der Waals surface area (Å²) in [6.45, 7) is -1.41. The number of likely N-dealkylation sites (N-methyl/N-ethyl adjacent to an activating group) is 2. The highest BCUT2D eigenvalue weighted by molar-refractivity contribution is 6.00. The van der Waals surface area contributed by atoms with E-state index in [0.29, 0.717) is 22.9 Å². The van der Waals surface area contributed by atoms with E-state index < -0.39 is 59.9 Å². The van der Waals surface area contributed by atoms with Crippen LogP contribution in [0.4, 0.5) is 11.4 Å². The maximum absolute atomic E-state index is 14.1. The van der Waals surface area contributed by atoms with Gasteiger partial charge in [-0.3, -0.25) is 28.8 Å². The normalized spacial score (nSPS) is 11.9. The van der Waals surface area contributed by atoms with E-state index in [9.17, 15) is 28.8 Å². The molecule has 14 heteroatoms. The standard InChI is InChI=1S/C46H46N6O8/c1-49(33-19-23-35(59-3)24-20-33)45(57)39(27-31-13-7-5-8-14-31)47-41(53)29-51-43(55)37-17-11-12-18-38(37)44(56)52(51)30-42(54)48-40(28-32-15-9-6-10-16-32)46(58)50(2)34-21-25-36(60-4)26-22-34/h5-26,39-40H,27-30H2,1-4H3,(H,47,53)(H,48,54)/t39-,40-/m0/s1. The number of nitrogens with one attached hydrogen (secondary N) is 2. The lowest BCUT2D eigenvalue weighted by molar-refractivity contribution is -0.129. The zero-order chi connectivity index (χ0) is 42.8. The molecule has 14 nitrogen and oxygen atoms in total. The van der Waals surface area contributed by atoms with Gasteiger partial charge in [0.25, 0.3) is 11.1 Å². The number of carbonyl (C=O) groups excluding carboxylic acids is 4. The third kappa shape index (κ3) is 9.96. The van der Waals surface area contributed by atoms with Crippen molar-refractivity contribution in [2.24, 2.45) is 0 Å². The molecule has 0 saturated carbocycles. The molecule has 0 aliphatic heterocycles. The summed E-state index contributed by atoms with van der Waals surface area (Å²) in [5, 5.41) is 5.65. The number of fused-ring (bicyclic) bond motifs is 1. The highest BCUT2D eigenvalue weighted by atomic mass is 16.5. The van der Waals surface area contributed by atoms with Crippen LogP contribution in [0.3, 0.4) is 0 Å². The second kappa shape index (κ2) is 19.3. The molecule has 0 aliphatic carbocycles. The monoisotopic (exact) mass is 810 g/mol. The average Bonchev–Trinajstić information content (AvgIpc) is 3.28. The maximum Gasteiger partial charge on any atom is 0.273 e. The molecule has 60 heavy (non-hydrogen) atoms. The summed E-state index contributed by atoms with van der Waals surface area (Å²) in [6.07, 6.45) is 0.241. The zero-order valence-electron chi connectivity index (χ0n) is 33.7. The second-order valence-electron chi connectivity index (χ2n) is 14.1. The fourth-order valence-electron chi connectivity index (χ4n) is 6.85. The summed E-state index contributed by atoms with van der Waals surface area (Å²) in [7, 11) is 6.25. The number of rotatable bonds is 16. The van der Waals surface area contributed by atoms with Crippen molar-refractivity contribution in [3.8, 4) is 11.5 Å². The summed E-state index contributed by atoms with van der Waals surface area (Å²) in [5.41, 5.74) is 1.24. The SMILES string of the molecule is COc1ccc(N(C)C(=O)[C@H](Cc2ccccc2)NC(=O)Cn2c(=O)c3ccccc3c(=O)n2CC(=O)N[C@@H](Cc2ccccc2)C(=O)N(C)c2ccc(OC)cc2)cc1. The molecular weight excluding hydrogens is 765 g/mol. The summed E-state index contributed by atoms with van der Waals surface area (Å²) in [5.74, 6) is -1.17. The Balaban J connectivity index is 1.29. The van der Waals surface area contributed by atoms with Crippen molar-refractivity contribution >= 4 is 45.8 Å². The van der Waals surface area contributed by atoms with Crippen LogP contribution in [0.15, 0.2) is 143 Å². The van der Waals surface area contributed by atoms with Crippen LogP contribution in [0.2, 0.25) is 0 Å². The third-order valence-electron chi connectivity index (χ3n) is 10.1. The van der Waals surface area contributed by atoms with Gasteiger partial charge in [-0.1, -0.05) is 72.8 Å². The molecule has 1 heterocycles. The van der Waals surface area contributed by atoms with Crippen molar-refractivity contribution in [3.05, 3.63) is 165 Å². The van der Waals surface area contributed by atoms with Crippen LogP contribution >= 0.6 is 0 Å². The van der Waals surface area contributed by atoms with Crippen LogP contribution in [0.5, 0.6) is 11.5 Å². The number of carbonyl (C=O) groups is 4. The van der Waals surface area contributed by atoms with Crippen molar-refractivity contribution in [3.63, 3.8) is 0 Å². The molecular formula is C46H46N6O8. The number of hydrogen-bond donors (Lipinski definition) is 2. The van der Waals surface area contributed by atoms with Gasteiger partial charge in [0.05, 0.1) is 25.0 Å². The highest BCUT2D eigenvalue weighted by Gasteiger charge is 2.29. The number of anilines is 2. The number of aromatic nitrogens is 2. The number of methoxy groups -OCH3 is 2. The largest absolute Gasteiger partial charge is 0.497 e. The molecule has 308 valence electrons. The highest BCUT2D eigenvalue weighted by Crippen LogP contribution is 2.21. The molecule has 5 aromatic carbocycles. The molecule has 0 unspecified atom stereocenters. The average molecular weight is 811 g/mol. The molecule has 2 atom stereocenters. The van der Waals surface area contributed by atoms with Crippen LogP contribution in [-0.4, -0.2) is 73.4 Å². The fourth-order valence-corrected chi connectivity index (χ4v) is 6.85. The first-order valence-corrected chi connectivity index (χ1v) is 19.2. The van der Waals surface area contributed by atoms with Gasteiger partial charge in [-0.05, 0) is 71.8 Å². The first kappa shape index (κ1) is 42.1. The fraction of sp³-hybridized carbons (Fsp3) is 0.217. The lowest BCUT2D eigenvalue weighted by Crippen LogP contribution is -2.52. The van der Waals surface area contributed by atoms with Crippen molar-refractivity contribution < 1.29 is 28.7 Å². The number of ether oxygens (including phenoxy) is 2. The minimum absolute atomic E-state index is 0.0429. The predicted molar refractivity (Wildman–Crippen MR) is 229 cm³/mol. The van der Waals surface area contributed by atoms with E-state index in [4.69, 9.17) is 9.47 Å². The van der Waals surface area contributed by atoms with Crippen LogP contribution in [0.1, 0.15) is 11.1 Å². The Bertz CT molecular complexity index is 2400. The lowest BCUT2D eigenvalue weighted by Gasteiger charge is -2.26. The van der Waals surface area contributed by atoms with E-state index in [1.807, 2.05) is 60.7 Å². The summed E-state index contributed by atoms with van der Waals surface area (Å²) in [4.78, 5) is 87.0. The van der Waals surface area contributed by atoms with E-state index >= 15 is 0 Å². The number of amides is 4. The van der Waals surface area contributed by atoms with Gasteiger partial charge in [-0.2, -0.15) is 0 Å². The number of hydrogen-bond acceptors (Lipinski definition) is 8. The van der Waals surface area contributed by atoms with E-state index in [1.165, 1.54) is 36.2 Å². The Morgan fingerprint density at radius 2 is 0.850 bits per heavy atom. The van der Waals surface area contributed by atoms with Crippen molar-refractivity contribution in [2.45, 2.75) is 38.0 Å². The van der Waals surface area contributed by atoms with Crippen LogP contribution in [0.25, 0.3) is 10.8 Å². The van der Waals surface area contributed by atoms with E-state index in [2.05, 4.69) is 10.6 Å². The van der Waals surface area contributed by atoms with Gasteiger partial charge >= 0.3 is 0 Å². The van der Waals surface area contributed by atoms with Crippen LogP contribution in [0, 0.1) is 0 Å². The molecule has 6 rings (SSSR count). The Hall–Kier alpha value is -7.48. The molecule has 0 saturated heterocycles. The van der Waals surface area contributed by atoms with Gasteiger partial charge in [0.15, 0.2) is 0 Å². The van der Waals surface area contributed by atoms with Crippen molar-refractivity contribution in [1.29, 1.82) is 0 Å². The minimum atomic E-state index is -1.08. The summed E-state index contributed by atoms with van der Waals surface area (Å²) >= 11 is 0. The Morgan fingerprint density at radius 3 is 1.18 bits per heavy atom. The lowest BCUT2D eigenvalue weighted by atomic mass is 10.0. The van der Waals surface area contributed by atoms with E-state index in [-0.39, 0.29) is 23.6 Å². The topological polar surface area (TPSA) is 161 Å². The van der Waals surface area contributed by atoms with Gasteiger partial charge in [0, 0.05) is 38.3 Å². The molecule has 4 amide bonds. The van der Waals surface area contributed by atoms with Gasteiger partial charge in [-0.25, -0.2) is 9.36 Å². The molecule has 2 N–H and O–H groups in total. The number of nitrogens with zero attached hydrogens (tertiary/aromatic N) is 4. The molecule has 0 spiro atoms. The van der Waals surface area contributed by atoms with Gasteiger partial charge in [0.1, 0.15) is 36.7 Å². The van der Waals surface area contributed by atoms with E-state index in [1.54, 1.807) is 74.8 Å². The molecule has 1 aromatic heterocycles.